The van der Waals surface area contributed by atoms with Gasteiger partial charge in [0.2, 0.25) is 0 Å². The van der Waals surface area contributed by atoms with Gasteiger partial charge in [-0.3, -0.25) is 9.52 Å². The number of anilines is 1. The molecule has 0 spiro atoms. The van der Waals surface area contributed by atoms with Gasteiger partial charge in [-0.1, -0.05) is 34.1 Å². The summed E-state index contributed by atoms with van der Waals surface area (Å²) < 4.78 is 39.2. The molecule has 0 aliphatic rings. The van der Waals surface area contributed by atoms with Crippen LogP contribution in [0.3, 0.4) is 0 Å². The van der Waals surface area contributed by atoms with E-state index in [2.05, 4.69) is 26.0 Å². The van der Waals surface area contributed by atoms with Crippen molar-refractivity contribution in [1.82, 2.24) is 5.32 Å². The first-order chi connectivity index (χ1) is 15.3. The number of carbonyl (C=O) groups excluding carboxylic acids is 1. The smallest absolute Gasteiger partial charge is 0.261 e. The molecule has 7 nitrogen and oxygen atoms in total. The zero-order valence-corrected chi connectivity index (χ0v) is 19.9. The van der Waals surface area contributed by atoms with E-state index in [4.69, 9.17) is 9.47 Å². The van der Waals surface area contributed by atoms with E-state index in [1.807, 2.05) is 31.2 Å². The molecule has 2 N–H and O–H groups in total. The lowest BCUT2D eigenvalue weighted by atomic mass is 10.1. The first-order valence-electron chi connectivity index (χ1n) is 9.71. The summed E-state index contributed by atoms with van der Waals surface area (Å²) in [4.78, 5) is 12.3. The van der Waals surface area contributed by atoms with Crippen molar-refractivity contribution in [3.8, 4) is 11.5 Å². The Labute approximate surface area is 195 Å². The summed E-state index contributed by atoms with van der Waals surface area (Å²) in [7, 11) is -2.27. The van der Waals surface area contributed by atoms with Gasteiger partial charge in [-0.05, 0) is 61.0 Å². The Hall–Kier alpha value is -3.04. The first kappa shape index (κ1) is 23.6. The van der Waals surface area contributed by atoms with Crippen molar-refractivity contribution in [3.63, 3.8) is 0 Å². The summed E-state index contributed by atoms with van der Waals surface area (Å²) in [5, 5.41) is 2.87. The third-order valence-corrected chi connectivity index (χ3v) is 6.44. The highest BCUT2D eigenvalue weighted by Crippen LogP contribution is 2.22. The third-order valence-electron chi connectivity index (χ3n) is 4.55. The minimum absolute atomic E-state index is 0.0698. The van der Waals surface area contributed by atoms with Gasteiger partial charge in [0.1, 0.15) is 11.5 Å². The first-order valence-corrected chi connectivity index (χ1v) is 12.0. The number of amides is 1. The molecule has 32 heavy (non-hydrogen) atoms. The van der Waals surface area contributed by atoms with E-state index in [9.17, 15) is 13.2 Å². The Balaban J connectivity index is 1.56. The molecular weight excluding hydrogens is 496 g/mol. The highest BCUT2D eigenvalue weighted by molar-refractivity contribution is 9.10. The number of sulfonamides is 1. The van der Waals surface area contributed by atoms with E-state index in [1.165, 1.54) is 31.4 Å². The number of carbonyl (C=O) groups is 1. The minimum Gasteiger partial charge on any atom is -0.497 e. The molecule has 0 saturated carbocycles. The number of nitrogens with one attached hydrogen (secondary N) is 2. The molecule has 0 fully saturated rings. The minimum atomic E-state index is -3.78. The molecule has 3 rings (SSSR count). The molecule has 168 valence electrons. The number of rotatable bonds is 9. The van der Waals surface area contributed by atoms with Crippen LogP contribution in [0.15, 0.2) is 82.2 Å². The molecule has 9 heteroatoms. The molecule has 3 aromatic carbocycles. The second-order valence-corrected chi connectivity index (χ2v) is 9.54. The van der Waals surface area contributed by atoms with E-state index in [1.54, 1.807) is 24.3 Å². The molecule has 1 amide bonds. The highest BCUT2D eigenvalue weighted by atomic mass is 79.9. The molecule has 1 unspecified atom stereocenters. The van der Waals surface area contributed by atoms with Gasteiger partial charge in [0.25, 0.3) is 15.9 Å². The van der Waals surface area contributed by atoms with E-state index in [0.717, 1.165) is 10.0 Å². The Morgan fingerprint density at radius 2 is 1.72 bits per heavy atom. The van der Waals surface area contributed by atoms with Gasteiger partial charge in [0.15, 0.2) is 6.61 Å². The van der Waals surface area contributed by atoms with E-state index < -0.39 is 10.0 Å². The average Bonchev–Trinajstić information content (AvgIpc) is 2.78. The maximum atomic E-state index is 12.6. The standard InChI is InChI=1S/C23H23BrN2O5S/c1-16(17-5-3-6-18(24)13-17)25-23(27)15-31-20-9-11-22(12-10-20)32(28,29)26-19-7-4-8-21(14-19)30-2/h3-14,16,26H,15H2,1-2H3,(H,25,27). The van der Waals surface area contributed by atoms with Gasteiger partial charge in [0, 0.05) is 10.5 Å². The van der Waals surface area contributed by atoms with Crippen LogP contribution in [0, 0.1) is 0 Å². The molecular formula is C23H23BrN2O5S. The van der Waals surface area contributed by atoms with Gasteiger partial charge in [-0.25, -0.2) is 8.42 Å². The Morgan fingerprint density at radius 3 is 2.41 bits per heavy atom. The number of benzene rings is 3. The zero-order valence-electron chi connectivity index (χ0n) is 17.5. The number of hydrogen-bond donors (Lipinski definition) is 2. The van der Waals surface area contributed by atoms with E-state index in [0.29, 0.717) is 17.2 Å². The summed E-state index contributed by atoms with van der Waals surface area (Å²) in [6.45, 7) is 1.70. The maximum Gasteiger partial charge on any atom is 0.261 e. The molecule has 3 aromatic rings. The second-order valence-electron chi connectivity index (χ2n) is 6.94. The second kappa shape index (κ2) is 10.5. The quantitative estimate of drug-likeness (QED) is 0.434. The fraction of sp³-hybridized carbons (Fsp3) is 0.174. The molecule has 0 radical (unpaired) electrons. The van der Waals surface area contributed by atoms with Gasteiger partial charge in [-0.15, -0.1) is 0 Å². The number of halogens is 1. The molecule has 1 atom stereocenters. The fourth-order valence-corrected chi connectivity index (χ4v) is 4.37. The fourth-order valence-electron chi connectivity index (χ4n) is 2.91. The van der Waals surface area contributed by atoms with Crippen LogP contribution in [-0.2, 0) is 14.8 Å². The van der Waals surface area contributed by atoms with E-state index >= 15 is 0 Å². The van der Waals surface area contributed by atoms with Crippen LogP contribution in [0.2, 0.25) is 0 Å². The van der Waals surface area contributed by atoms with Crippen molar-refractivity contribution in [2.24, 2.45) is 0 Å². The lowest BCUT2D eigenvalue weighted by Crippen LogP contribution is -2.31. The summed E-state index contributed by atoms with van der Waals surface area (Å²) in [6, 6.07) is 20.0. The normalized spacial score (nSPS) is 12.0. The van der Waals surface area contributed by atoms with Crippen LogP contribution in [0.25, 0.3) is 0 Å². The van der Waals surface area contributed by atoms with Crippen molar-refractivity contribution in [2.45, 2.75) is 17.9 Å². The summed E-state index contributed by atoms with van der Waals surface area (Å²) in [5.74, 6) is 0.644. The maximum absolute atomic E-state index is 12.6. The van der Waals surface area contributed by atoms with Gasteiger partial charge in [-0.2, -0.15) is 0 Å². The van der Waals surface area contributed by atoms with Crippen molar-refractivity contribution in [1.29, 1.82) is 0 Å². The SMILES string of the molecule is COc1cccc(NS(=O)(=O)c2ccc(OCC(=O)NC(C)c3cccc(Br)c3)cc2)c1. The van der Waals surface area contributed by atoms with Gasteiger partial charge < -0.3 is 14.8 Å². The summed E-state index contributed by atoms with van der Waals surface area (Å²) in [5.41, 5.74) is 1.35. The largest absolute Gasteiger partial charge is 0.497 e. The third kappa shape index (κ3) is 6.48. The predicted octanol–water partition coefficient (Wildman–Crippen LogP) is 4.51. The van der Waals surface area contributed by atoms with Crippen molar-refractivity contribution >= 4 is 37.5 Å². The lowest BCUT2D eigenvalue weighted by molar-refractivity contribution is -0.123. The zero-order chi connectivity index (χ0) is 23.1. The number of methoxy groups -OCH3 is 1. The predicted molar refractivity (Wildman–Crippen MR) is 126 cm³/mol. The summed E-state index contributed by atoms with van der Waals surface area (Å²) in [6.07, 6.45) is 0. The van der Waals surface area contributed by atoms with Gasteiger partial charge in [0.05, 0.1) is 23.7 Å². The molecule has 0 heterocycles. The lowest BCUT2D eigenvalue weighted by Gasteiger charge is -2.15. The van der Waals surface area contributed by atoms with E-state index in [-0.39, 0.29) is 23.5 Å². The Bertz CT molecular complexity index is 1180. The van der Waals surface area contributed by atoms with Crippen molar-refractivity contribution in [2.75, 3.05) is 18.4 Å². The molecule has 0 aliphatic heterocycles. The average molecular weight is 519 g/mol. The van der Waals surface area contributed by atoms with Crippen LogP contribution >= 0.6 is 15.9 Å². The van der Waals surface area contributed by atoms with Crippen LogP contribution in [0.4, 0.5) is 5.69 Å². The number of hydrogen-bond acceptors (Lipinski definition) is 5. The molecule has 0 bridgehead atoms. The Morgan fingerprint density at radius 1 is 1.00 bits per heavy atom. The monoisotopic (exact) mass is 518 g/mol. The van der Waals surface area contributed by atoms with Crippen LogP contribution in [0.1, 0.15) is 18.5 Å². The van der Waals surface area contributed by atoms with Crippen LogP contribution in [-0.4, -0.2) is 28.0 Å². The molecule has 0 aromatic heterocycles. The Kier molecular flexibility index (Phi) is 7.76. The summed E-state index contributed by atoms with van der Waals surface area (Å²) >= 11 is 3.41. The van der Waals surface area contributed by atoms with Crippen LogP contribution < -0.4 is 19.5 Å². The molecule has 0 aliphatic carbocycles. The van der Waals surface area contributed by atoms with Crippen molar-refractivity contribution < 1.29 is 22.7 Å². The highest BCUT2D eigenvalue weighted by Gasteiger charge is 2.15. The van der Waals surface area contributed by atoms with Gasteiger partial charge >= 0.3 is 0 Å². The number of ether oxygens (including phenoxy) is 2. The topological polar surface area (TPSA) is 93.7 Å². The van der Waals surface area contributed by atoms with Crippen molar-refractivity contribution in [3.05, 3.63) is 82.8 Å². The molecule has 0 saturated heterocycles. The van der Waals surface area contributed by atoms with Crippen LogP contribution in [0.5, 0.6) is 11.5 Å².